The fourth-order valence-corrected chi connectivity index (χ4v) is 5.73. The van der Waals surface area contributed by atoms with Crippen molar-refractivity contribution >= 4 is 51.3 Å². The van der Waals surface area contributed by atoms with E-state index in [9.17, 15) is 8.42 Å². The minimum atomic E-state index is -3.47. The van der Waals surface area contributed by atoms with Gasteiger partial charge in [0.05, 0.1) is 19.3 Å². The Hall–Kier alpha value is -0.470. The van der Waals surface area contributed by atoms with E-state index in [1.807, 2.05) is 19.9 Å². The standard InChI is InChI=1S/C18H30N4O4S2.HI/c1-3-19-18(22-10-12-26-16(13-22)15-5-4-11-25-15)20-8-9-21-28(23,24)17-7-6-14(2)27-17;/h6-7,15-16,21H,3-5,8-13H2,1-2H3,(H,19,20);1H. The van der Waals surface area contributed by atoms with Crippen molar-refractivity contribution in [2.45, 2.75) is 43.1 Å². The van der Waals surface area contributed by atoms with Gasteiger partial charge in [-0.05, 0) is 38.8 Å². The Morgan fingerprint density at radius 2 is 2.10 bits per heavy atom. The number of aliphatic imine (C=N–C) groups is 1. The monoisotopic (exact) mass is 558 g/mol. The maximum Gasteiger partial charge on any atom is 0.250 e. The summed E-state index contributed by atoms with van der Waals surface area (Å²) in [6.45, 7) is 8.23. The lowest BCUT2D eigenvalue weighted by Crippen LogP contribution is -2.53. The van der Waals surface area contributed by atoms with Crippen molar-refractivity contribution in [1.29, 1.82) is 0 Å². The number of ether oxygens (including phenoxy) is 2. The lowest BCUT2D eigenvalue weighted by Gasteiger charge is -2.37. The molecule has 0 bridgehead atoms. The number of rotatable bonds is 7. The highest BCUT2D eigenvalue weighted by Crippen LogP contribution is 2.21. The van der Waals surface area contributed by atoms with Gasteiger partial charge in [-0.2, -0.15) is 0 Å². The van der Waals surface area contributed by atoms with Crippen LogP contribution >= 0.6 is 35.3 Å². The molecule has 2 unspecified atom stereocenters. The van der Waals surface area contributed by atoms with Crippen molar-refractivity contribution in [3.8, 4) is 0 Å². The molecule has 2 atom stereocenters. The summed E-state index contributed by atoms with van der Waals surface area (Å²) in [6, 6.07) is 3.44. The number of guanidine groups is 1. The molecule has 0 spiro atoms. The topological polar surface area (TPSA) is 92.3 Å². The van der Waals surface area contributed by atoms with Crippen LogP contribution in [0.1, 0.15) is 24.6 Å². The molecule has 2 N–H and O–H groups in total. The molecule has 166 valence electrons. The number of halogens is 1. The number of nitrogens with zero attached hydrogens (tertiary/aromatic N) is 2. The third-order valence-electron chi connectivity index (χ3n) is 4.75. The van der Waals surface area contributed by atoms with Gasteiger partial charge in [0.25, 0.3) is 0 Å². The second-order valence-corrected chi connectivity index (χ2v) is 10.2. The second-order valence-electron chi connectivity index (χ2n) is 6.91. The second kappa shape index (κ2) is 11.8. The fourth-order valence-electron chi connectivity index (χ4n) is 3.38. The molecule has 3 heterocycles. The summed E-state index contributed by atoms with van der Waals surface area (Å²) < 4.78 is 39.2. The van der Waals surface area contributed by atoms with Gasteiger partial charge in [0.2, 0.25) is 10.0 Å². The number of sulfonamides is 1. The summed E-state index contributed by atoms with van der Waals surface area (Å²) in [4.78, 5) is 7.76. The fraction of sp³-hybridized carbons (Fsp3) is 0.722. The van der Waals surface area contributed by atoms with Gasteiger partial charge in [-0.1, -0.05) is 0 Å². The molecule has 1 aromatic heterocycles. The van der Waals surface area contributed by atoms with Crippen molar-refractivity contribution in [3.05, 3.63) is 17.0 Å². The summed E-state index contributed by atoms with van der Waals surface area (Å²) in [5.41, 5.74) is 0. The molecule has 2 aliphatic heterocycles. The molecule has 11 heteroatoms. The van der Waals surface area contributed by atoms with Gasteiger partial charge in [-0.25, -0.2) is 13.1 Å². The third kappa shape index (κ3) is 7.03. The van der Waals surface area contributed by atoms with Gasteiger partial charge < -0.3 is 19.7 Å². The van der Waals surface area contributed by atoms with E-state index in [2.05, 4.69) is 19.9 Å². The predicted molar refractivity (Wildman–Crippen MR) is 126 cm³/mol. The molecule has 29 heavy (non-hydrogen) atoms. The zero-order chi connectivity index (χ0) is 20.0. The predicted octanol–water partition coefficient (Wildman–Crippen LogP) is 1.80. The Morgan fingerprint density at radius 1 is 1.31 bits per heavy atom. The highest BCUT2D eigenvalue weighted by atomic mass is 127. The first-order valence-electron chi connectivity index (χ1n) is 9.82. The molecule has 0 amide bonds. The zero-order valence-corrected chi connectivity index (χ0v) is 20.9. The SMILES string of the molecule is CCNC(=NCCNS(=O)(=O)c1ccc(C)s1)N1CCOC(C2CCCO2)C1.I. The van der Waals surface area contributed by atoms with Gasteiger partial charge >= 0.3 is 0 Å². The summed E-state index contributed by atoms with van der Waals surface area (Å²) in [5, 5.41) is 3.30. The minimum Gasteiger partial charge on any atom is -0.375 e. The maximum atomic E-state index is 12.3. The summed E-state index contributed by atoms with van der Waals surface area (Å²) >= 11 is 1.27. The van der Waals surface area contributed by atoms with Crippen molar-refractivity contribution in [2.24, 2.45) is 4.99 Å². The first-order valence-corrected chi connectivity index (χ1v) is 12.1. The lowest BCUT2D eigenvalue weighted by atomic mass is 10.1. The van der Waals surface area contributed by atoms with E-state index in [0.717, 1.165) is 49.9 Å². The number of nitrogens with one attached hydrogen (secondary N) is 2. The third-order valence-corrected chi connectivity index (χ3v) is 7.71. The van der Waals surface area contributed by atoms with Crippen molar-refractivity contribution in [2.75, 3.05) is 45.9 Å². The number of hydrogen-bond donors (Lipinski definition) is 2. The van der Waals surface area contributed by atoms with Gasteiger partial charge in [-0.15, -0.1) is 35.3 Å². The largest absolute Gasteiger partial charge is 0.375 e. The number of morpholine rings is 1. The normalized spacial score (nSPS) is 23.1. The summed E-state index contributed by atoms with van der Waals surface area (Å²) in [7, 11) is -3.47. The van der Waals surface area contributed by atoms with Crippen LogP contribution in [0.15, 0.2) is 21.3 Å². The Kier molecular flexibility index (Phi) is 10.1. The molecular formula is C18H31IN4O4S2. The Balaban J connectivity index is 0.00000300. The zero-order valence-electron chi connectivity index (χ0n) is 16.9. The van der Waals surface area contributed by atoms with Crippen molar-refractivity contribution in [3.63, 3.8) is 0 Å². The van der Waals surface area contributed by atoms with Gasteiger partial charge in [-0.3, -0.25) is 4.99 Å². The lowest BCUT2D eigenvalue weighted by molar-refractivity contribution is -0.0817. The molecule has 0 aliphatic carbocycles. The molecule has 2 fully saturated rings. The van der Waals surface area contributed by atoms with E-state index >= 15 is 0 Å². The minimum absolute atomic E-state index is 0. The van der Waals surface area contributed by atoms with Crippen molar-refractivity contribution < 1.29 is 17.9 Å². The van der Waals surface area contributed by atoms with Crippen LogP contribution in [0, 0.1) is 6.92 Å². The summed E-state index contributed by atoms with van der Waals surface area (Å²) in [6.07, 6.45) is 2.34. The van der Waals surface area contributed by atoms with Crippen LogP contribution in [-0.2, 0) is 19.5 Å². The van der Waals surface area contributed by atoms with Crippen LogP contribution in [0.25, 0.3) is 0 Å². The van der Waals surface area contributed by atoms with Gasteiger partial charge in [0.15, 0.2) is 5.96 Å². The smallest absolute Gasteiger partial charge is 0.250 e. The van der Waals surface area contributed by atoms with Gasteiger partial charge in [0.1, 0.15) is 10.3 Å². The van der Waals surface area contributed by atoms with Crippen LogP contribution < -0.4 is 10.0 Å². The molecule has 2 aliphatic rings. The van der Waals surface area contributed by atoms with Crippen LogP contribution in [0.5, 0.6) is 0 Å². The quantitative estimate of drug-likeness (QED) is 0.230. The maximum absolute atomic E-state index is 12.3. The van der Waals surface area contributed by atoms with E-state index in [1.165, 1.54) is 11.3 Å². The molecular weight excluding hydrogens is 527 g/mol. The van der Waals surface area contributed by atoms with Gasteiger partial charge in [0, 0.05) is 37.7 Å². The van der Waals surface area contributed by atoms with Crippen LogP contribution in [0.2, 0.25) is 0 Å². The van der Waals surface area contributed by atoms with E-state index < -0.39 is 10.0 Å². The molecule has 0 aromatic carbocycles. The Bertz CT molecular complexity index is 766. The highest BCUT2D eigenvalue weighted by Gasteiger charge is 2.32. The van der Waals surface area contributed by atoms with E-state index in [0.29, 0.717) is 17.4 Å². The number of aryl methyl sites for hydroxylation is 1. The molecule has 0 saturated carbocycles. The molecule has 8 nitrogen and oxygen atoms in total. The Morgan fingerprint density at radius 3 is 2.76 bits per heavy atom. The summed E-state index contributed by atoms with van der Waals surface area (Å²) in [5.74, 6) is 0.792. The first-order chi connectivity index (χ1) is 13.5. The average molecular weight is 559 g/mol. The highest BCUT2D eigenvalue weighted by molar-refractivity contribution is 14.0. The number of thiophene rings is 1. The molecule has 0 radical (unpaired) electrons. The van der Waals surface area contributed by atoms with E-state index in [-0.39, 0.29) is 42.7 Å². The van der Waals surface area contributed by atoms with E-state index in [1.54, 1.807) is 6.07 Å². The van der Waals surface area contributed by atoms with E-state index in [4.69, 9.17) is 9.47 Å². The van der Waals surface area contributed by atoms with Crippen LogP contribution in [-0.4, -0.2) is 77.4 Å². The molecule has 2 saturated heterocycles. The first kappa shape index (κ1) is 24.8. The van der Waals surface area contributed by atoms with Crippen LogP contribution in [0.4, 0.5) is 0 Å². The number of hydrogen-bond acceptors (Lipinski definition) is 6. The van der Waals surface area contributed by atoms with Crippen LogP contribution in [0.3, 0.4) is 0 Å². The average Bonchev–Trinajstić information content (AvgIpc) is 3.36. The van der Waals surface area contributed by atoms with Crippen molar-refractivity contribution in [1.82, 2.24) is 14.9 Å². The molecule has 1 aromatic rings. The molecule has 3 rings (SSSR count). The Labute approximate surface area is 194 Å².